The summed E-state index contributed by atoms with van der Waals surface area (Å²) in [4.78, 5) is 11.1. The van der Waals surface area contributed by atoms with Crippen molar-refractivity contribution in [1.82, 2.24) is 5.32 Å². The van der Waals surface area contributed by atoms with E-state index in [1.807, 2.05) is 0 Å². The molecule has 2 heterocycles. The first-order valence-corrected chi connectivity index (χ1v) is 4.34. The first-order chi connectivity index (χ1) is 5.34. The fourth-order valence-electron chi connectivity index (χ4n) is 1.88. The number of hydrogen-bond donors (Lipinski definition) is 1. The topological polar surface area (TPSA) is 29.1 Å². The summed E-state index contributed by atoms with van der Waals surface area (Å²) in [6, 6.07) is 0.449. The molecular weight excluding hydrogens is 138 g/mol. The SMILES string of the molecule is O=C1C=C2CCCCC(C1)N2. The highest BCUT2D eigenvalue weighted by Crippen LogP contribution is 2.21. The second-order valence-electron chi connectivity index (χ2n) is 3.43. The Kier molecular flexibility index (Phi) is 1.68. The van der Waals surface area contributed by atoms with Crippen molar-refractivity contribution in [3.63, 3.8) is 0 Å². The minimum absolute atomic E-state index is 0.311. The largest absolute Gasteiger partial charge is 0.385 e. The van der Waals surface area contributed by atoms with Gasteiger partial charge in [0, 0.05) is 24.2 Å². The standard InChI is InChI=1S/C9H13NO/c11-9-5-7-3-1-2-4-8(6-9)10-7/h5,8,10H,1-4,6H2. The normalized spacial score (nSPS) is 30.4. The summed E-state index contributed by atoms with van der Waals surface area (Å²) >= 11 is 0. The lowest BCUT2D eigenvalue weighted by molar-refractivity contribution is -0.115. The molecule has 2 aliphatic heterocycles. The monoisotopic (exact) mass is 151 g/mol. The summed E-state index contributed by atoms with van der Waals surface area (Å²) < 4.78 is 0. The molecule has 0 aromatic rings. The van der Waals surface area contributed by atoms with Crippen LogP contribution < -0.4 is 5.32 Å². The van der Waals surface area contributed by atoms with Gasteiger partial charge in [0.25, 0.3) is 0 Å². The molecule has 1 N–H and O–H groups in total. The van der Waals surface area contributed by atoms with Crippen molar-refractivity contribution in [2.75, 3.05) is 0 Å². The van der Waals surface area contributed by atoms with Crippen LogP contribution in [-0.2, 0) is 4.79 Å². The fourth-order valence-corrected chi connectivity index (χ4v) is 1.88. The van der Waals surface area contributed by atoms with Crippen molar-refractivity contribution >= 4 is 5.78 Å². The Morgan fingerprint density at radius 1 is 1.45 bits per heavy atom. The molecule has 0 spiro atoms. The van der Waals surface area contributed by atoms with Crippen LogP contribution in [0.4, 0.5) is 0 Å². The van der Waals surface area contributed by atoms with Crippen LogP contribution in [0, 0.1) is 0 Å². The molecule has 2 heteroatoms. The molecular formula is C9H13NO. The number of ketones is 1. The van der Waals surface area contributed by atoms with Crippen LogP contribution in [0.15, 0.2) is 11.8 Å². The predicted molar refractivity (Wildman–Crippen MR) is 43.1 cm³/mol. The Morgan fingerprint density at radius 3 is 3.27 bits per heavy atom. The highest BCUT2D eigenvalue weighted by Gasteiger charge is 2.21. The minimum Gasteiger partial charge on any atom is -0.385 e. The molecule has 0 aromatic heterocycles. The van der Waals surface area contributed by atoms with Crippen molar-refractivity contribution in [2.45, 2.75) is 38.1 Å². The van der Waals surface area contributed by atoms with E-state index in [0.29, 0.717) is 18.2 Å². The highest BCUT2D eigenvalue weighted by molar-refractivity contribution is 5.91. The zero-order chi connectivity index (χ0) is 7.68. The average Bonchev–Trinajstić information content (AvgIpc) is 2.11. The predicted octanol–water partition coefficient (Wildman–Crippen LogP) is 1.38. The third kappa shape index (κ3) is 1.44. The van der Waals surface area contributed by atoms with Crippen molar-refractivity contribution in [1.29, 1.82) is 0 Å². The molecule has 11 heavy (non-hydrogen) atoms. The Hall–Kier alpha value is -0.790. The average molecular weight is 151 g/mol. The van der Waals surface area contributed by atoms with Crippen LogP contribution >= 0.6 is 0 Å². The van der Waals surface area contributed by atoms with Gasteiger partial charge in [0.05, 0.1) is 0 Å². The van der Waals surface area contributed by atoms with Gasteiger partial charge in [-0.2, -0.15) is 0 Å². The molecule has 1 saturated heterocycles. The van der Waals surface area contributed by atoms with Crippen molar-refractivity contribution < 1.29 is 4.79 Å². The molecule has 0 amide bonds. The van der Waals surface area contributed by atoms with E-state index in [9.17, 15) is 4.79 Å². The quantitative estimate of drug-likeness (QED) is 0.566. The Labute approximate surface area is 66.7 Å². The fraction of sp³-hybridized carbons (Fsp3) is 0.667. The van der Waals surface area contributed by atoms with E-state index in [-0.39, 0.29) is 0 Å². The maximum Gasteiger partial charge on any atom is 0.159 e. The van der Waals surface area contributed by atoms with Crippen molar-refractivity contribution in [3.8, 4) is 0 Å². The lowest BCUT2D eigenvalue weighted by atomic mass is 10.0. The molecule has 2 bridgehead atoms. The first kappa shape index (κ1) is 6.89. The van der Waals surface area contributed by atoms with Crippen molar-refractivity contribution in [2.24, 2.45) is 0 Å². The second-order valence-corrected chi connectivity index (χ2v) is 3.43. The molecule has 0 aromatic carbocycles. The molecule has 1 atom stereocenters. The van der Waals surface area contributed by atoms with Gasteiger partial charge in [-0.25, -0.2) is 0 Å². The third-order valence-electron chi connectivity index (χ3n) is 2.42. The van der Waals surface area contributed by atoms with Crippen LogP contribution in [0.5, 0.6) is 0 Å². The smallest absolute Gasteiger partial charge is 0.159 e. The molecule has 2 rings (SSSR count). The van der Waals surface area contributed by atoms with Crippen LogP contribution in [0.1, 0.15) is 32.1 Å². The molecule has 0 radical (unpaired) electrons. The van der Waals surface area contributed by atoms with Gasteiger partial charge in [-0.3, -0.25) is 4.79 Å². The number of carbonyl (C=O) groups is 1. The van der Waals surface area contributed by atoms with E-state index in [1.165, 1.54) is 25.0 Å². The molecule has 0 saturated carbocycles. The van der Waals surface area contributed by atoms with Gasteiger partial charge in [0.2, 0.25) is 0 Å². The maximum absolute atomic E-state index is 11.1. The molecule has 0 aliphatic carbocycles. The molecule has 2 nitrogen and oxygen atoms in total. The van der Waals surface area contributed by atoms with Gasteiger partial charge in [-0.1, -0.05) is 6.42 Å². The number of fused-ring (bicyclic) bond motifs is 2. The number of hydrogen-bond acceptors (Lipinski definition) is 2. The summed E-state index contributed by atoms with van der Waals surface area (Å²) in [7, 11) is 0. The van der Waals surface area contributed by atoms with Crippen LogP contribution in [0.2, 0.25) is 0 Å². The van der Waals surface area contributed by atoms with E-state index >= 15 is 0 Å². The lowest BCUT2D eigenvalue weighted by Crippen LogP contribution is -2.33. The number of carbonyl (C=O) groups excluding carboxylic acids is 1. The molecule has 60 valence electrons. The summed E-state index contributed by atoms with van der Waals surface area (Å²) in [6.07, 6.45) is 7.24. The van der Waals surface area contributed by atoms with Crippen molar-refractivity contribution in [3.05, 3.63) is 11.8 Å². The maximum atomic E-state index is 11.1. The lowest BCUT2D eigenvalue weighted by Gasteiger charge is -2.21. The van der Waals surface area contributed by atoms with Crippen LogP contribution in [-0.4, -0.2) is 11.8 Å². The van der Waals surface area contributed by atoms with Gasteiger partial charge in [-0.15, -0.1) is 0 Å². The zero-order valence-corrected chi connectivity index (χ0v) is 6.60. The highest BCUT2D eigenvalue weighted by atomic mass is 16.1. The minimum atomic E-state index is 0.311. The number of nitrogens with one attached hydrogen (secondary N) is 1. The Balaban J connectivity index is 2.19. The van der Waals surface area contributed by atoms with Gasteiger partial charge >= 0.3 is 0 Å². The number of allylic oxidation sites excluding steroid dienone is 2. The summed E-state index contributed by atoms with van der Waals surface area (Å²) in [5.74, 6) is 0.311. The summed E-state index contributed by atoms with van der Waals surface area (Å²) in [6.45, 7) is 0. The summed E-state index contributed by atoms with van der Waals surface area (Å²) in [5, 5.41) is 3.39. The van der Waals surface area contributed by atoms with E-state index in [2.05, 4.69) is 5.32 Å². The molecule has 1 fully saturated rings. The van der Waals surface area contributed by atoms with Gasteiger partial charge < -0.3 is 5.32 Å². The van der Waals surface area contributed by atoms with E-state index in [4.69, 9.17) is 0 Å². The number of rotatable bonds is 0. The van der Waals surface area contributed by atoms with E-state index < -0.39 is 0 Å². The molecule has 2 aliphatic rings. The van der Waals surface area contributed by atoms with Gasteiger partial charge in [-0.05, 0) is 19.3 Å². The van der Waals surface area contributed by atoms with Crippen LogP contribution in [0.3, 0.4) is 0 Å². The third-order valence-corrected chi connectivity index (χ3v) is 2.42. The van der Waals surface area contributed by atoms with Gasteiger partial charge in [0.1, 0.15) is 0 Å². The second kappa shape index (κ2) is 2.68. The summed E-state index contributed by atoms with van der Waals surface area (Å²) in [5.41, 5.74) is 1.17. The molecule has 1 unspecified atom stereocenters. The van der Waals surface area contributed by atoms with Crippen LogP contribution in [0.25, 0.3) is 0 Å². The Bertz CT molecular complexity index is 208. The van der Waals surface area contributed by atoms with Gasteiger partial charge in [0.15, 0.2) is 5.78 Å². The zero-order valence-electron chi connectivity index (χ0n) is 6.60. The van der Waals surface area contributed by atoms with E-state index in [1.54, 1.807) is 6.08 Å². The Morgan fingerprint density at radius 2 is 2.36 bits per heavy atom. The first-order valence-electron chi connectivity index (χ1n) is 4.34. The van der Waals surface area contributed by atoms with E-state index in [0.717, 1.165) is 6.42 Å².